The van der Waals surface area contributed by atoms with Crippen LogP contribution < -0.4 is 10.2 Å². The monoisotopic (exact) mass is 368 g/mol. The van der Waals surface area contributed by atoms with Gasteiger partial charge in [0.1, 0.15) is 0 Å². The van der Waals surface area contributed by atoms with Crippen molar-refractivity contribution < 1.29 is 0 Å². The maximum absolute atomic E-state index is 4.60. The molecule has 4 heteroatoms. The predicted octanol–water partition coefficient (Wildman–Crippen LogP) is 4.41. The molecule has 1 N–H and O–H groups in total. The summed E-state index contributed by atoms with van der Waals surface area (Å²) < 4.78 is 0. The highest BCUT2D eigenvalue weighted by Gasteiger charge is 2.26. The Bertz CT molecular complexity index is 690. The first-order valence-electron chi connectivity index (χ1n) is 10.6. The first-order chi connectivity index (χ1) is 13.0. The summed E-state index contributed by atoms with van der Waals surface area (Å²) >= 11 is 0. The minimum absolute atomic E-state index is 0.571. The number of hydrogen-bond acceptors (Lipinski definition) is 4. The molecule has 27 heavy (non-hydrogen) atoms. The van der Waals surface area contributed by atoms with E-state index in [-0.39, 0.29) is 0 Å². The normalized spacial score (nSPS) is 21.1. The second kappa shape index (κ2) is 8.81. The Hall–Kier alpha value is -1.97. The number of rotatable bonds is 2. The van der Waals surface area contributed by atoms with Crippen molar-refractivity contribution in [1.82, 2.24) is 15.2 Å². The second-order valence-corrected chi connectivity index (χ2v) is 8.41. The number of dihydropyridines is 1. The van der Waals surface area contributed by atoms with Gasteiger partial charge in [-0.05, 0) is 90.8 Å². The Labute approximate surface area is 165 Å². The van der Waals surface area contributed by atoms with Crippen LogP contribution in [0.15, 0.2) is 36.2 Å². The van der Waals surface area contributed by atoms with Gasteiger partial charge < -0.3 is 15.1 Å². The second-order valence-electron chi connectivity index (χ2n) is 8.41. The molecule has 4 rings (SSSR count). The molecule has 0 spiro atoms. The van der Waals surface area contributed by atoms with Gasteiger partial charge in [0.2, 0.25) is 0 Å². The van der Waals surface area contributed by atoms with Gasteiger partial charge in [-0.3, -0.25) is 4.98 Å². The first kappa shape index (κ1) is 19.8. The van der Waals surface area contributed by atoms with Crippen LogP contribution >= 0.6 is 0 Å². The smallest absolute Gasteiger partial charge is 0.0657 e. The third kappa shape index (κ3) is 4.66. The summed E-state index contributed by atoms with van der Waals surface area (Å²) in [7, 11) is 0. The zero-order chi connectivity index (χ0) is 19.4. The standard InChI is InChI=1S/C12H18N2.C11H18N2/c1-9(2)14-8-4-5-11-12(14)7-6-10(3)13-11;1-9(2)13-8-4-5-10-11(13)6-3-7-12-10/h6-7,9H,4-5,8H2,1-3H3;3,6-7,9-10,12H,4-5,8H2,1-2H3. The third-order valence-electron chi connectivity index (χ3n) is 5.70. The number of aromatic nitrogens is 1. The largest absolute Gasteiger partial charge is 0.383 e. The number of likely N-dealkylation sites (tertiary alicyclic amines) is 1. The van der Waals surface area contributed by atoms with Crippen molar-refractivity contribution in [3.8, 4) is 0 Å². The van der Waals surface area contributed by atoms with Crippen molar-refractivity contribution in [2.24, 2.45) is 0 Å². The number of hydrogen-bond donors (Lipinski definition) is 1. The molecular weight excluding hydrogens is 332 g/mol. The van der Waals surface area contributed by atoms with Gasteiger partial charge in [0.15, 0.2) is 0 Å². The van der Waals surface area contributed by atoms with E-state index in [9.17, 15) is 0 Å². The van der Waals surface area contributed by atoms with E-state index in [0.29, 0.717) is 18.1 Å². The molecule has 1 unspecified atom stereocenters. The number of allylic oxidation sites excluding steroid dienone is 2. The SMILES string of the molecule is CC(C)N1CCCC2NC=CC=C21.Cc1ccc2c(n1)CCCN2C(C)C. The van der Waals surface area contributed by atoms with E-state index in [1.165, 1.54) is 49.4 Å². The zero-order valence-electron chi connectivity index (χ0n) is 17.7. The molecular formula is C23H36N4. The summed E-state index contributed by atoms with van der Waals surface area (Å²) in [5, 5.41) is 3.42. The fourth-order valence-corrected chi connectivity index (χ4v) is 4.32. The van der Waals surface area contributed by atoms with Gasteiger partial charge in [-0.15, -0.1) is 0 Å². The lowest BCUT2D eigenvalue weighted by Gasteiger charge is -2.41. The highest BCUT2D eigenvalue weighted by atomic mass is 15.2. The molecule has 4 heterocycles. The van der Waals surface area contributed by atoms with Gasteiger partial charge in [0, 0.05) is 36.6 Å². The van der Waals surface area contributed by atoms with Gasteiger partial charge in [0.25, 0.3) is 0 Å². The molecule has 1 aromatic rings. The van der Waals surface area contributed by atoms with E-state index in [1.54, 1.807) is 0 Å². The van der Waals surface area contributed by atoms with E-state index in [1.807, 2.05) is 0 Å². The highest BCUT2D eigenvalue weighted by molar-refractivity contribution is 5.53. The van der Waals surface area contributed by atoms with Gasteiger partial charge in [-0.25, -0.2) is 0 Å². The number of nitrogens with zero attached hydrogens (tertiary/aromatic N) is 3. The fraction of sp³-hybridized carbons (Fsp3) is 0.609. The predicted molar refractivity (Wildman–Crippen MR) is 115 cm³/mol. The summed E-state index contributed by atoms with van der Waals surface area (Å²) in [6.45, 7) is 13.5. The van der Waals surface area contributed by atoms with Crippen molar-refractivity contribution in [2.75, 3.05) is 18.0 Å². The molecule has 1 fully saturated rings. The molecule has 4 nitrogen and oxygen atoms in total. The summed E-state index contributed by atoms with van der Waals surface area (Å²) in [6, 6.07) is 6.11. The quantitative estimate of drug-likeness (QED) is 0.838. The molecule has 0 radical (unpaired) electrons. The van der Waals surface area contributed by atoms with Crippen molar-refractivity contribution >= 4 is 5.69 Å². The molecule has 1 aromatic heterocycles. The van der Waals surface area contributed by atoms with Gasteiger partial charge in [0.05, 0.1) is 17.4 Å². The molecule has 1 saturated heterocycles. The highest BCUT2D eigenvalue weighted by Crippen LogP contribution is 2.27. The molecule has 1 atom stereocenters. The Kier molecular flexibility index (Phi) is 6.46. The third-order valence-corrected chi connectivity index (χ3v) is 5.70. The lowest BCUT2D eigenvalue weighted by Crippen LogP contribution is -2.45. The maximum atomic E-state index is 4.60. The number of fused-ring (bicyclic) bond motifs is 2. The molecule has 0 bridgehead atoms. The van der Waals surface area contributed by atoms with Crippen molar-refractivity contribution in [3.05, 3.63) is 47.6 Å². The molecule has 0 aliphatic carbocycles. The van der Waals surface area contributed by atoms with Gasteiger partial charge in [-0.1, -0.05) is 0 Å². The van der Waals surface area contributed by atoms with Crippen LogP contribution in [0.2, 0.25) is 0 Å². The fourth-order valence-electron chi connectivity index (χ4n) is 4.32. The van der Waals surface area contributed by atoms with Crippen LogP contribution in [-0.4, -0.2) is 41.1 Å². The topological polar surface area (TPSA) is 31.4 Å². The summed E-state index contributed by atoms with van der Waals surface area (Å²) in [4.78, 5) is 9.56. The van der Waals surface area contributed by atoms with Crippen LogP contribution in [0.25, 0.3) is 0 Å². The van der Waals surface area contributed by atoms with Crippen LogP contribution in [0, 0.1) is 6.92 Å². The maximum Gasteiger partial charge on any atom is 0.0657 e. The van der Waals surface area contributed by atoms with Crippen LogP contribution in [0.5, 0.6) is 0 Å². The van der Waals surface area contributed by atoms with E-state index in [0.717, 1.165) is 12.1 Å². The van der Waals surface area contributed by atoms with Crippen LogP contribution in [0.1, 0.15) is 58.3 Å². The van der Waals surface area contributed by atoms with E-state index < -0.39 is 0 Å². The molecule has 0 amide bonds. The van der Waals surface area contributed by atoms with Crippen LogP contribution in [0.4, 0.5) is 5.69 Å². The Balaban J connectivity index is 0.000000156. The Morgan fingerprint density at radius 3 is 2.52 bits per heavy atom. The summed E-state index contributed by atoms with van der Waals surface area (Å²) in [5.74, 6) is 0. The first-order valence-corrected chi connectivity index (χ1v) is 10.6. The molecule has 148 valence electrons. The average Bonchev–Trinajstić information content (AvgIpc) is 2.67. The van der Waals surface area contributed by atoms with Crippen LogP contribution in [0.3, 0.4) is 0 Å². The van der Waals surface area contributed by atoms with Crippen LogP contribution in [-0.2, 0) is 6.42 Å². The average molecular weight is 369 g/mol. The minimum atomic E-state index is 0.571. The zero-order valence-corrected chi connectivity index (χ0v) is 17.7. The number of nitrogens with one attached hydrogen (secondary N) is 1. The number of piperidine rings is 1. The van der Waals surface area contributed by atoms with Crippen molar-refractivity contribution in [1.29, 1.82) is 0 Å². The molecule has 3 aliphatic heterocycles. The Morgan fingerprint density at radius 1 is 1.04 bits per heavy atom. The minimum Gasteiger partial charge on any atom is -0.383 e. The number of aryl methyl sites for hydroxylation is 2. The number of anilines is 1. The van der Waals surface area contributed by atoms with E-state index >= 15 is 0 Å². The molecule has 0 saturated carbocycles. The number of pyridine rings is 1. The lowest BCUT2D eigenvalue weighted by molar-refractivity contribution is 0.217. The van der Waals surface area contributed by atoms with Crippen molar-refractivity contribution in [3.63, 3.8) is 0 Å². The summed E-state index contributed by atoms with van der Waals surface area (Å²) in [6.07, 6.45) is 11.4. The Morgan fingerprint density at radius 2 is 1.78 bits per heavy atom. The molecule has 3 aliphatic rings. The van der Waals surface area contributed by atoms with E-state index in [2.05, 4.69) is 85.2 Å². The van der Waals surface area contributed by atoms with Crippen molar-refractivity contribution in [2.45, 2.75) is 78.4 Å². The molecule has 0 aromatic carbocycles. The summed E-state index contributed by atoms with van der Waals surface area (Å²) in [5.41, 5.74) is 5.24. The van der Waals surface area contributed by atoms with Gasteiger partial charge in [-0.2, -0.15) is 0 Å². The van der Waals surface area contributed by atoms with Gasteiger partial charge >= 0.3 is 0 Å². The van der Waals surface area contributed by atoms with E-state index in [4.69, 9.17) is 0 Å². The lowest BCUT2D eigenvalue weighted by atomic mass is 9.98.